The second-order valence-corrected chi connectivity index (χ2v) is 8.25. The van der Waals surface area contributed by atoms with Crippen molar-refractivity contribution in [2.45, 2.75) is 6.61 Å². The third-order valence-corrected chi connectivity index (χ3v) is 5.69. The van der Waals surface area contributed by atoms with Crippen LogP contribution < -0.4 is 20.7 Å². The molecule has 4 aromatic rings. The van der Waals surface area contributed by atoms with Gasteiger partial charge in [-0.3, -0.25) is 14.9 Å². The molecule has 10 nitrogen and oxygen atoms in total. The van der Waals surface area contributed by atoms with E-state index >= 15 is 0 Å². The van der Waals surface area contributed by atoms with Crippen LogP contribution in [0.3, 0.4) is 0 Å². The van der Waals surface area contributed by atoms with E-state index in [9.17, 15) is 19.7 Å². The Kier molecular flexibility index (Phi) is 6.72. The first kappa shape index (κ1) is 23.2. The predicted molar refractivity (Wildman–Crippen MR) is 135 cm³/mol. The third-order valence-electron chi connectivity index (χ3n) is 4.89. The Morgan fingerprint density at radius 3 is 2.59 bits per heavy atom. The summed E-state index contributed by atoms with van der Waals surface area (Å²) in [6.07, 6.45) is 1.39. The summed E-state index contributed by atoms with van der Waals surface area (Å²) in [5, 5.41) is 15.2. The van der Waals surface area contributed by atoms with Crippen LogP contribution >= 0.6 is 22.6 Å². The summed E-state index contributed by atoms with van der Waals surface area (Å²) in [5.74, 6) is 0.911. The highest BCUT2D eigenvalue weighted by molar-refractivity contribution is 14.1. The minimum atomic E-state index is -0.648. The Labute approximate surface area is 205 Å². The van der Waals surface area contributed by atoms with Gasteiger partial charge in [0.15, 0.2) is 11.5 Å². The Bertz CT molecular complexity index is 1530. The molecule has 1 aromatic heterocycles. The van der Waals surface area contributed by atoms with E-state index < -0.39 is 16.2 Å². The summed E-state index contributed by atoms with van der Waals surface area (Å²) >= 11 is 2.08. The standard InChI is InChI=1S/C23H17IN4O6/c1-33-20-11-15(12-25-27-22(29)17-4-2-3-5-19(17)26-23(27)30)10-18(24)21(20)34-13-14-6-8-16(9-7-14)28(31)32/h2-12H,13H2,1H3,(H,26,30). The van der Waals surface area contributed by atoms with E-state index in [0.29, 0.717) is 31.5 Å². The lowest BCUT2D eigenvalue weighted by Crippen LogP contribution is -2.32. The fraction of sp³-hybridized carbons (Fsp3) is 0.0870. The molecule has 0 saturated heterocycles. The summed E-state index contributed by atoms with van der Waals surface area (Å²) in [5.41, 5.74) is 0.607. The average Bonchev–Trinajstić information content (AvgIpc) is 2.83. The molecule has 1 N–H and O–H groups in total. The molecule has 0 unspecified atom stereocenters. The first-order valence-electron chi connectivity index (χ1n) is 9.89. The number of nitrogens with one attached hydrogen (secondary N) is 1. The van der Waals surface area contributed by atoms with Crippen molar-refractivity contribution in [3.05, 3.63) is 106 Å². The van der Waals surface area contributed by atoms with E-state index in [-0.39, 0.29) is 12.3 Å². The molecule has 3 aromatic carbocycles. The first-order valence-corrected chi connectivity index (χ1v) is 11.0. The number of hydrogen-bond acceptors (Lipinski definition) is 7. The lowest BCUT2D eigenvalue weighted by molar-refractivity contribution is -0.384. The van der Waals surface area contributed by atoms with Gasteiger partial charge in [-0.2, -0.15) is 5.10 Å². The van der Waals surface area contributed by atoms with Gasteiger partial charge in [-0.1, -0.05) is 12.1 Å². The number of H-pyrrole nitrogens is 1. The smallest absolute Gasteiger partial charge is 0.349 e. The van der Waals surface area contributed by atoms with E-state index in [4.69, 9.17) is 9.47 Å². The van der Waals surface area contributed by atoms with Crippen molar-refractivity contribution in [1.29, 1.82) is 0 Å². The summed E-state index contributed by atoms with van der Waals surface area (Å²) in [6, 6.07) is 16.2. The van der Waals surface area contributed by atoms with Gasteiger partial charge in [0.2, 0.25) is 0 Å². The molecule has 34 heavy (non-hydrogen) atoms. The van der Waals surface area contributed by atoms with Crippen molar-refractivity contribution < 1.29 is 14.4 Å². The van der Waals surface area contributed by atoms with Crippen LogP contribution in [0, 0.1) is 13.7 Å². The van der Waals surface area contributed by atoms with Gasteiger partial charge in [0.25, 0.3) is 11.2 Å². The van der Waals surface area contributed by atoms with Gasteiger partial charge >= 0.3 is 5.69 Å². The van der Waals surface area contributed by atoms with Crippen molar-refractivity contribution in [2.24, 2.45) is 5.10 Å². The molecule has 0 aliphatic carbocycles. The number of rotatable bonds is 7. The number of non-ortho nitro benzene ring substituents is 1. The second kappa shape index (κ2) is 9.87. The molecule has 0 saturated carbocycles. The van der Waals surface area contributed by atoms with Gasteiger partial charge < -0.3 is 14.5 Å². The molecule has 0 aliphatic rings. The molecular formula is C23H17IN4O6. The van der Waals surface area contributed by atoms with E-state index in [1.54, 1.807) is 48.5 Å². The van der Waals surface area contributed by atoms with E-state index in [1.165, 1.54) is 25.5 Å². The summed E-state index contributed by atoms with van der Waals surface area (Å²) < 4.78 is 12.8. The number of aromatic nitrogens is 2. The van der Waals surface area contributed by atoms with Crippen LogP contribution in [0.1, 0.15) is 11.1 Å². The SMILES string of the molecule is COc1cc(C=Nn2c(=O)[nH]c3ccccc3c2=O)cc(I)c1OCc1ccc([N+](=O)[O-])cc1. The number of para-hydroxylation sites is 1. The number of fused-ring (bicyclic) bond motifs is 1. The van der Waals surface area contributed by atoms with E-state index in [2.05, 4.69) is 32.7 Å². The van der Waals surface area contributed by atoms with Crippen molar-refractivity contribution in [1.82, 2.24) is 9.66 Å². The maximum absolute atomic E-state index is 12.6. The zero-order chi connectivity index (χ0) is 24.2. The maximum Gasteiger partial charge on any atom is 0.349 e. The van der Waals surface area contributed by atoms with Crippen LogP contribution in [-0.4, -0.2) is 27.9 Å². The lowest BCUT2D eigenvalue weighted by Gasteiger charge is -2.13. The molecule has 0 fully saturated rings. The number of halogens is 1. The molecule has 0 aliphatic heterocycles. The maximum atomic E-state index is 12.6. The van der Waals surface area contributed by atoms with Crippen LogP contribution in [0.2, 0.25) is 0 Å². The Morgan fingerprint density at radius 1 is 1.15 bits per heavy atom. The first-order chi connectivity index (χ1) is 16.4. The van der Waals surface area contributed by atoms with Crippen LogP contribution in [-0.2, 0) is 6.61 Å². The van der Waals surface area contributed by atoms with E-state index in [1.807, 2.05) is 0 Å². The highest BCUT2D eigenvalue weighted by Gasteiger charge is 2.13. The second-order valence-electron chi connectivity index (χ2n) is 7.08. The summed E-state index contributed by atoms with van der Waals surface area (Å²) in [4.78, 5) is 37.9. The zero-order valence-electron chi connectivity index (χ0n) is 17.7. The van der Waals surface area contributed by atoms with Gasteiger partial charge in [0.05, 0.1) is 32.7 Å². The molecule has 0 radical (unpaired) electrons. The van der Waals surface area contributed by atoms with Gasteiger partial charge in [-0.05, 0) is 70.1 Å². The molecule has 0 atom stereocenters. The minimum Gasteiger partial charge on any atom is -0.493 e. The largest absolute Gasteiger partial charge is 0.493 e. The number of nitrogens with zero attached hydrogens (tertiary/aromatic N) is 3. The molecule has 11 heteroatoms. The molecular weight excluding hydrogens is 555 g/mol. The predicted octanol–water partition coefficient (Wildman–Crippen LogP) is 3.67. The van der Waals surface area contributed by atoms with Crippen LogP contribution in [0.15, 0.2) is 75.4 Å². The van der Waals surface area contributed by atoms with Gasteiger partial charge in [-0.25, -0.2) is 4.79 Å². The van der Waals surface area contributed by atoms with Crippen LogP contribution in [0.5, 0.6) is 11.5 Å². The fourth-order valence-corrected chi connectivity index (χ4v) is 3.99. The Morgan fingerprint density at radius 2 is 1.88 bits per heavy atom. The third kappa shape index (κ3) is 4.83. The topological polar surface area (TPSA) is 129 Å². The van der Waals surface area contributed by atoms with Crippen molar-refractivity contribution in [3.63, 3.8) is 0 Å². The van der Waals surface area contributed by atoms with Crippen molar-refractivity contribution in [3.8, 4) is 11.5 Å². The number of methoxy groups -OCH3 is 1. The lowest BCUT2D eigenvalue weighted by atomic mass is 10.2. The Balaban J connectivity index is 1.59. The quantitative estimate of drug-likeness (QED) is 0.156. The monoisotopic (exact) mass is 572 g/mol. The summed E-state index contributed by atoms with van der Waals surface area (Å²) in [6.45, 7) is 0.180. The Hall–Kier alpha value is -4.00. The number of nitro groups is 1. The van der Waals surface area contributed by atoms with Gasteiger partial charge in [0, 0.05) is 12.1 Å². The number of nitro benzene ring substituents is 1. The van der Waals surface area contributed by atoms with Gasteiger partial charge in [-0.15, -0.1) is 4.68 Å². The molecule has 0 bridgehead atoms. The number of benzene rings is 3. The molecule has 0 spiro atoms. The molecule has 172 valence electrons. The van der Waals surface area contributed by atoms with Crippen LogP contribution in [0.25, 0.3) is 10.9 Å². The van der Waals surface area contributed by atoms with Crippen molar-refractivity contribution >= 4 is 45.4 Å². The fourth-order valence-electron chi connectivity index (χ4n) is 3.21. The molecule has 1 heterocycles. The molecule has 4 rings (SSSR count). The molecule has 0 amide bonds. The minimum absolute atomic E-state index is 0.00362. The number of aromatic amines is 1. The normalized spacial score (nSPS) is 11.1. The highest BCUT2D eigenvalue weighted by Crippen LogP contribution is 2.34. The van der Waals surface area contributed by atoms with Gasteiger partial charge in [0.1, 0.15) is 6.61 Å². The summed E-state index contributed by atoms with van der Waals surface area (Å²) in [7, 11) is 1.49. The van der Waals surface area contributed by atoms with Crippen LogP contribution in [0.4, 0.5) is 5.69 Å². The zero-order valence-corrected chi connectivity index (χ0v) is 19.9. The number of ether oxygens (including phenoxy) is 2. The number of hydrogen-bond donors (Lipinski definition) is 1. The van der Waals surface area contributed by atoms with E-state index in [0.717, 1.165) is 10.2 Å². The highest BCUT2D eigenvalue weighted by atomic mass is 127. The van der Waals surface area contributed by atoms with Crippen molar-refractivity contribution in [2.75, 3.05) is 7.11 Å². The average molecular weight is 572 g/mol.